The van der Waals surface area contributed by atoms with E-state index in [0.29, 0.717) is 18.6 Å². The van der Waals surface area contributed by atoms with E-state index < -0.39 is 11.7 Å². The first-order valence-electron chi connectivity index (χ1n) is 9.15. The lowest BCUT2D eigenvalue weighted by atomic mass is 9.89. The number of hydrogen-bond donors (Lipinski definition) is 2. The summed E-state index contributed by atoms with van der Waals surface area (Å²) in [6.45, 7) is 10.8. The smallest absolute Gasteiger partial charge is 0.308 e. The van der Waals surface area contributed by atoms with Gasteiger partial charge in [-0.15, -0.1) is 0 Å². The molecule has 0 saturated carbocycles. The second-order valence-electron chi connectivity index (χ2n) is 7.93. The van der Waals surface area contributed by atoms with Crippen molar-refractivity contribution in [2.75, 3.05) is 0 Å². The Labute approximate surface area is 155 Å². The number of benzene rings is 2. The molecule has 0 fully saturated rings. The van der Waals surface area contributed by atoms with Gasteiger partial charge in [0.05, 0.1) is 11.7 Å². The summed E-state index contributed by atoms with van der Waals surface area (Å²) in [5.41, 5.74) is 2.09. The Morgan fingerprint density at radius 1 is 1.23 bits per heavy atom. The third kappa shape index (κ3) is 4.63. The van der Waals surface area contributed by atoms with Crippen LogP contribution in [-0.2, 0) is 11.2 Å². The van der Waals surface area contributed by atoms with Crippen LogP contribution in [0.3, 0.4) is 0 Å². The van der Waals surface area contributed by atoms with Crippen LogP contribution >= 0.6 is 0 Å². The summed E-state index contributed by atoms with van der Waals surface area (Å²) >= 11 is 0. The molecule has 0 aliphatic heterocycles. The van der Waals surface area contributed by atoms with E-state index >= 15 is 0 Å². The van der Waals surface area contributed by atoms with Crippen LogP contribution in [-0.4, -0.2) is 27.9 Å². The van der Waals surface area contributed by atoms with E-state index in [1.165, 1.54) is 6.92 Å². The van der Waals surface area contributed by atoms with E-state index in [1.807, 2.05) is 13.0 Å². The van der Waals surface area contributed by atoms with Gasteiger partial charge in [-0.2, -0.15) is 0 Å². The van der Waals surface area contributed by atoms with Crippen LogP contribution in [0.2, 0.25) is 0 Å². The van der Waals surface area contributed by atoms with Crippen molar-refractivity contribution >= 4 is 16.7 Å². The summed E-state index contributed by atoms with van der Waals surface area (Å²) in [5, 5.41) is 22.3. The fourth-order valence-corrected chi connectivity index (χ4v) is 3.20. The third-order valence-electron chi connectivity index (χ3n) is 4.85. The van der Waals surface area contributed by atoms with E-state index in [4.69, 9.17) is 4.74 Å². The first-order valence-corrected chi connectivity index (χ1v) is 9.15. The minimum Gasteiger partial charge on any atom is -0.426 e. The third-order valence-corrected chi connectivity index (χ3v) is 4.85. The monoisotopic (exact) mass is 358 g/mol. The Hall–Kier alpha value is -1.91. The number of rotatable bonds is 6. The minimum absolute atomic E-state index is 0.232. The van der Waals surface area contributed by atoms with Crippen LogP contribution in [0.4, 0.5) is 0 Å². The molecule has 0 amide bonds. The zero-order valence-corrected chi connectivity index (χ0v) is 16.6. The van der Waals surface area contributed by atoms with Gasteiger partial charge in [0.2, 0.25) is 0 Å². The van der Waals surface area contributed by atoms with E-state index in [-0.39, 0.29) is 11.9 Å². The maximum atomic E-state index is 11.5. The van der Waals surface area contributed by atoms with E-state index in [2.05, 4.69) is 32.0 Å². The molecule has 2 aromatic carbocycles. The van der Waals surface area contributed by atoms with Gasteiger partial charge in [0.15, 0.2) is 0 Å². The Balaban J connectivity index is 2.52. The average molecular weight is 358 g/mol. The zero-order chi connectivity index (χ0) is 19.6. The second kappa shape index (κ2) is 7.77. The topological polar surface area (TPSA) is 66.8 Å². The fourth-order valence-electron chi connectivity index (χ4n) is 3.20. The predicted molar refractivity (Wildman–Crippen MR) is 105 cm³/mol. The highest BCUT2D eigenvalue weighted by atomic mass is 16.5. The number of fused-ring (bicyclic) bond motifs is 1. The molecule has 0 aliphatic carbocycles. The Kier molecular flexibility index (Phi) is 6.09. The molecule has 0 bridgehead atoms. The highest BCUT2D eigenvalue weighted by Crippen LogP contribution is 2.35. The molecule has 0 unspecified atom stereocenters. The summed E-state index contributed by atoms with van der Waals surface area (Å²) in [4.78, 5) is 11.5. The van der Waals surface area contributed by atoms with Gasteiger partial charge >= 0.3 is 5.97 Å². The summed E-state index contributed by atoms with van der Waals surface area (Å²) in [7, 11) is 0. The maximum absolute atomic E-state index is 11.5. The van der Waals surface area contributed by atoms with Gasteiger partial charge < -0.3 is 14.9 Å². The molecular formula is C22H30O4. The average Bonchev–Trinajstić information content (AvgIpc) is 2.51. The lowest BCUT2D eigenvalue weighted by Crippen LogP contribution is -2.36. The lowest BCUT2D eigenvalue weighted by molar-refractivity contribution is -0.131. The molecule has 26 heavy (non-hydrogen) atoms. The number of carbonyl (C=O) groups excluding carboxylic acids is 1. The number of hydrogen-bond acceptors (Lipinski definition) is 4. The number of carbonyl (C=O) groups is 1. The van der Waals surface area contributed by atoms with Crippen molar-refractivity contribution in [2.24, 2.45) is 0 Å². The van der Waals surface area contributed by atoms with Gasteiger partial charge in [-0.1, -0.05) is 26.0 Å². The van der Waals surface area contributed by atoms with Crippen molar-refractivity contribution < 1.29 is 19.7 Å². The number of aliphatic hydroxyl groups is 2. The first-order chi connectivity index (χ1) is 12.0. The van der Waals surface area contributed by atoms with Crippen LogP contribution in [0.15, 0.2) is 24.3 Å². The summed E-state index contributed by atoms with van der Waals surface area (Å²) in [6, 6.07) is 8.16. The first kappa shape index (κ1) is 20.4. The van der Waals surface area contributed by atoms with Crippen LogP contribution in [0, 0.1) is 6.92 Å². The number of esters is 1. The normalized spacial score (nSPS) is 13.3. The molecule has 0 spiro atoms. The van der Waals surface area contributed by atoms with E-state index in [1.54, 1.807) is 13.8 Å². The number of aliphatic hydroxyl groups excluding tert-OH is 1. The molecule has 4 nitrogen and oxygen atoms in total. The fraction of sp³-hybridized carbons (Fsp3) is 0.500. The maximum Gasteiger partial charge on any atom is 0.308 e. The highest BCUT2D eigenvalue weighted by molar-refractivity contribution is 5.90. The molecule has 4 heteroatoms. The summed E-state index contributed by atoms with van der Waals surface area (Å²) < 4.78 is 5.46. The largest absolute Gasteiger partial charge is 0.426 e. The molecule has 0 heterocycles. The van der Waals surface area contributed by atoms with Gasteiger partial charge in [0.1, 0.15) is 5.75 Å². The van der Waals surface area contributed by atoms with Crippen LogP contribution < -0.4 is 4.74 Å². The van der Waals surface area contributed by atoms with Gasteiger partial charge in [-0.3, -0.25) is 4.79 Å². The molecule has 0 aromatic heterocycles. The van der Waals surface area contributed by atoms with Crippen LogP contribution in [0.1, 0.15) is 63.6 Å². The zero-order valence-electron chi connectivity index (χ0n) is 16.6. The van der Waals surface area contributed by atoms with E-state index in [9.17, 15) is 15.0 Å². The van der Waals surface area contributed by atoms with E-state index in [0.717, 1.165) is 27.5 Å². The number of aryl methyl sites for hydroxylation is 2. The predicted octanol–water partition coefficient (Wildman–Crippen LogP) is 4.26. The van der Waals surface area contributed by atoms with Crippen LogP contribution in [0.5, 0.6) is 5.75 Å². The van der Waals surface area contributed by atoms with Crippen molar-refractivity contribution in [1.82, 2.24) is 0 Å². The van der Waals surface area contributed by atoms with Crippen molar-refractivity contribution in [2.45, 2.75) is 72.0 Å². The Morgan fingerprint density at radius 2 is 1.88 bits per heavy atom. The molecule has 2 aromatic rings. The lowest BCUT2D eigenvalue weighted by Gasteiger charge is -2.25. The van der Waals surface area contributed by atoms with Crippen LogP contribution in [0.25, 0.3) is 10.8 Å². The van der Waals surface area contributed by atoms with Gasteiger partial charge in [-0.05, 0) is 79.1 Å². The molecule has 142 valence electrons. The molecule has 2 N–H and O–H groups in total. The molecule has 0 saturated heterocycles. The molecule has 2 rings (SSSR count). The van der Waals surface area contributed by atoms with Crippen molar-refractivity contribution in [3.05, 3.63) is 41.0 Å². The number of ether oxygens (including phenoxy) is 1. The Morgan fingerprint density at radius 3 is 2.42 bits per heavy atom. The molecule has 0 aliphatic rings. The second-order valence-corrected chi connectivity index (χ2v) is 7.93. The minimum atomic E-state index is -1.13. The summed E-state index contributed by atoms with van der Waals surface area (Å²) in [5.74, 6) is 0.489. The Bertz CT molecular complexity index is 800. The SMILES string of the molecule is CC(=O)Oc1cc2c(CC[C@@H](O)C(C)(C)O)c(C)ccc2cc1C(C)C. The van der Waals surface area contributed by atoms with Crippen molar-refractivity contribution in [1.29, 1.82) is 0 Å². The molecular weight excluding hydrogens is 328 g/mol. The van der Waals surface area contributed by atoms with Crippen molar-refractivity contribution in [3.8, 4) is 5.75 Å². The summed E-state index contributed by atoms with van der Waals surface area (Å²) in [6.07, 6.45) is 0.285. The van der Waals surface area contributed by atoms with Gasteiger partial charge in [0, 0.05) is 6.92 Å². The molecule has 1 atom stereocenters. The van der Waals surface area contributed by atoms with Gasteiger partial charge in [0.25, 0.3) is 0 Å². The van der Waals surface area contributed by atoms with Gasteiger partial charge in [-0.25, -0.2) is 0 Å². The highest BCUT2D eigenvalue weighted by Gasteiger charge is 2.24. The quantitative estimate of drug-likeness (QED) is 0.598. The standard InChI is InChI=1S/C22H30O4/c1-13(2)18-11-16-8-7-14(3)17(9-10-21(24)22(5,6)25)19(16)12-20(18)26-15(4)23/h7-8,11-13,21,24-25H,9-10H2,1-6H3/t21-/m1/s1. The van der Waals surface area contributed by atoms with Crippen molar-refractivity contribution in [3.63, 3.8) is 0 Å². The molecule has 0 radical (unpaired) electrons.